The number of fused-ring (bicyclic) bond motifs is 1. The average Bonchev–Trinajstić information content (AvgIpc) is 3.26. The van der Waals surface area contributed by atoms with E-state index in [-0.39, 0.29) is 24.2 Å². The van der Waals surface area contributed by atoms with Gasteiger partial charge in [-0.25, -0.2) is 0 Å². The summed E-state index contributed by atoms with van der Waals surface area (Å²) in [7, 11) is 0. The maximum Gasteiger partial charge on any atom is 0.238 e. The van der Waals surface area contributed by atoms with E-state index in [1.807, 2.05) is 56.3 Å². The van der Waals surface area contributed by atoms with Crippen LogP contribution in [0.25, 0.3) is 11.6 Å². The zero-order valence-corrected chi connectivity index (χ0v) is 25.0. The van der Waals surface area contributed by atoms with Crippen molar-refractivity contribution in [3.05, 3.63) is 100 Å². The number of aromatic nitrogens is 1. The van der Waals surface area contributed by atoms with Gasteiger partial charge >= 0.3 is 0 Å². The molecular formula is C36H40N2O5. The summed E-state index contributed by atoms with van der Waals surface area (Å²) >= 11 is 0. The molecule has 3 N–H and O–H groups in total. The van der Waals surface area contributed by atoms with Crippen LogP contribution >= 0.6 is 0 Å². The molecule has 3 aromatic rings. The molecule has 7 heteroatoms. The smallest absolute Gasteiger partial charge is 0.238 e. The normalized spacial score (nSPS) is 21.4. The number of allylic oxidation sites excluding steroid dienone is 2. The summed E-state index contributed by atoms with van der Waals surface area (Å²) in [5, 5.41) is 32.7. The van der Waals surface area contributed by atoms with Crippen molar-refractivity contribution in [2.45, 2.75) is 59.0 Å². The molecule has 2 heterocycles. The number of carbonyl (C=O) groups is 2. The van der Waals surface area contributed by atoms with Gasteiger partial charge in [0.1, 0.15) is 5.75 Å². The minimum Gasteiger partial charge on any atom is -0.507 e. The molecule has 0 saturated carbocycles. The highest BCUT2D eigenvalue weighted by atomic mass is 16.3. The second-order valence-corrected chi connectivity index (χ2v) is 11.7. The van der Waals surface area contributed by atoms with E-state index >= 15 is 0 Å². The number of aromatic hydroxyl groups is 1. The predicted molar refractivity (Wildman–Crippen MR) is 168 cm³/mol. The number of aryl methyl sites for hydroxylation is 2. The lowest BCUT2D eigenvalue weighted by Gasteiger charge is -2.36. The Morgan fingerprint density at radius 1 is 1.05 bits per heavy atom. The summed E-state index contributed by atoms with van der Waals surface area (Å²) in [6.45, 7) is 5.46. The molecule has 1 aliphatic heterocycles. The Kier molecular flexibility index (Phi) is 9.23. The molecular weight excluding hydrogens is 540 g/mol. The maximum absolute atomic E-state index is 13.7. The van der Waals surface area contributed by atoms with Gasteiger partial charge in [0.2, 0.25) is 11.8 Å². The number of carbonyl (C=O) groups excluding carboxylic acids is 2. The first-order valence-corrected chi connectivity index (χ1v) is 15.1. The van der Waals surface area contributed by atoms with E-state index in [1.54, 1.807) is 30.5 Å². The van der Waals surface area contributed by atoms with Gasteiger partial charge in [0.25, 0.3) is 0 Å². The molecule has 7 nitrogen and oxygen atoms in total. The van der Waals surface area contributed by atoms with Crippen LogP contribution in [-0.4, -0.2) is 44.8 Å². The largest absolute Gasteiger partial charge is 0.507 e. The van der Waals surface area contributed by atoms with Crippen LogP contribution < -0.4 is 4.90 Å². The van der Waals surface area contributed by atoms with Gasteiger partial charge in [0.15, 0.2) is 0 Å². The van der Waals surface area contributed by atoms with Crippen LogP contribution in [0.4, 0.5) is 5.69 Å². The fourth-order valence-electron chi connectivity index (χ4n) is 6.88. The molecule has 1 aromatic heterocycles. The van der Waals surface area contributed by atoms with Crippen LogP contribution in [0.2, 0.25) is 0 Å². The lowest BCUT2D eigenvalue weighted by molar-refractivity contribution is -0.123. The Hall–Kier alpha value is -4.07. The molecule has 2 aromatic carbocycles. The van der Waals surface area contributed by atoms with Crippen LogP contribution in [0.15, 0.2) is 78.0 Å². The predicted octanol–water partition coefficient (Wildman–Crippen LogP) is 6.00. The van der Waals surface area contributed by atoms with Gasteiger partial charge in [-0.1, -0.05) is 43.2 Å². The first-order valence-electron chi connectivity index (χ1n) is 15.1. The summed E-state index contributed by atoms with van der Waals surface area (Å²) in [6, 6.07) is 18.5. The minimum atomic E-state index is -0.899. The van der Waals surface area contributed by atoms with Gasteiger partial charge in [-0.05, 0) is 110 Å². The van der Waals surface area contributed by atoms with Gasteiger partial charge in [-0.2, -0.15) is 0 Å². The number of phenols is 1. The van der Waals surface area contributed by atoms with Crippen molar-refractivity contribution in [3.63, 3.8) is 0 Å². The summed E-state index contributed by atoms with van der Waals surface area (Å²) in [5.41, 5.74) is 6.42. The van der Waals surface area contributed by atoms with Crippen molar-refractivity contribution in [1.29, 1.82) is 0 Å². The SMILES string of the molecule is CCCC1=C([C@H](O)CC/C(=C/c2cc(C)c(O)c(C)c2)c2ccccn2)[C@H](CO)[C@@H]2C(=O)N(c3ccccc3)C(=O)[C@@H]2C1. The standard InChI is InChI=1S/C36H40N2O5/c1-4-10-26-20-28-33(36(43)38(35(28)42)27-11-6-5-7-12-27)29(21-39)32(26)31(40)15-14-25(30-13-8-9-16-37-30)19-24-17-22(2)34(41)23(3)18-24/h5-9,11-13,16-19,28-29,31,33,39-41H,4,10,14-15,20-21H2,1-3H3/b25-19-/t28-,29+,31-,33-/m1/s1. The van der Waals surface area contributed by atoms with Gasteiger partial charge in [0.05, 0.1) is 35.9 Å². The number of benzene rings is 2. The van der Waals surface area contributed by atoms with Crippen molar-refractivity contribution in [3.8, 4) is 5.75 Å². The molecule has 0 bridgehead atoms. The minimum absolute atomic E-state index is 0.235. The van der Waals surface area contributed by atoms with Crippen LogP contribution in [0.5, 0.6) is 5.75 Å². The molecule has 2 aliphatic rings. The molecule has 0 spiro atoms. The van der Waals surface area contributed by atoms with E-state index in [9.17, 15) is 24.9 Å². The molecule has 2 amide bonds. The Bertz CT molecular complexity index is 1520. The van der Waals surface area contributed by atoms with Crippen LogP contribution in [-0.2, 0) is 9.59 Å². The summed E-state index contributed by atoms with van der Waals surface area (Å²) in [4.78, 5) is 33.1. The zero-order chi connectivity index (χ0) is 30.7. The Morgan fingerprint density at radius 3 is 2.37 bits per heavy atom. The number of rotatable bonds is 10. The van der Waals surface area contributed by atoms with Crippen molar-refractivity contribution < 1.29 is 24.9 Å². The first kappa shape index (κ1) is 30.4. The third kappa shape index (κ3) is 6.05. The molecule has 43 heavy (non-hydrogen) atoms. The van der Waals surface area contributed by atoms with Crippen LogP contribution in [0.1, 0.15) is 61.4 Å². The van der Waals surface area contributed by atoms with E-state index < -0.39 is 23.9 Å². The zero-order valence-electron chi connectivity index (χ0n) is 25.0. The van der Waals surface area contributed by atoms with Gasteiger partial charge < -0.3 is 15.3 Å². The number of pyridine rings is 1. The fourth-order valence-corrected chi connectivity index (χ4v) is 6.88. The summed E-state index contributed by atoms with van der Waals surface area (Å²) < 4.78 is 0. The second kappa shape index (κ2) is 13.1. The van der Waals surface area contributed by atoms with E-state index in [0.29, 0.717) is 36.9 Å². The molecule has 4 atom stereocenters. The molecule has 0 unspecified atom stereocenters. The number of anilines is 1. The highest BCUT2D eigenvalue weighted by Gasteiger charge is 2.55. The number of hydrogen-bond donors (Lipinski definition) is 3. The van der Waals surface area contributed by atoms with E-state index in [0.717, 1.165) is 40.0 Å². The number of amides is 2. The highest BCUT2D eigenvalue weighted by molar-refractivity contribution is 6.22. The Balaban J connectivity index is 1.46. The van der Waals surface area contributed by atoms with E-state index in [2.05, 4.69) is 11.9 Å². The number of para-hydroxylation sites is 1. The number of aliphatic hydroxyl groups excluding tert-OH is 2. The molecule has 1 fully saturated rings. The molecule has 224 valence electrons. The Labute approximate surface area is 253 Å². The highest BCUT2D eigenvalue weighted by Crippen LogP contribution is 2.48. The fraction of sp³-hybridized carbons (Fsp3) is 0.361. The summed E-state index contributed by atoms with van der Waals surface area (Å²) in [5.74, 6) is -2.16. The quantitative estimate of drug-likeness (QED) is 0.200. The van der Waals surface area contributed by atoms with Crippen molar-refractivity contribution in [2.75, 3.05) is 11.5 Å². The first-order chi connectivity index (χ1) is 20.7. The number of imide groups is 1. The Morgan fingerprint density at radius 2 is 1.74 bits per heavy atom. The van der Waals surface area contributed by atoms with Crippen LogP contribution in [0.3, 0.4) is 0 Å². The van der Waals surface area contributed by atoms with Gasteiger partial charge in [-0.15, -0.1) is 0 Å². The average molecular weight is 581 g/mol. The lowest BCUT2D eigenvalue weighted by atomic mass is 9.67. The van der Waals surface area contributed by atoms with Crippen molar-refractivity contribution in [2.24, 2.45) is 17.8 Å². The van der Waals surface area contributed by atoms with E-state index in [4.69, 9.17) is 0 Å². The monoisotopic (exact) mass is 580 g/mol. The van der Waals surface area contributed by atoms with Crippen molar-refractivity contribution >= 4 is 29.2 Å². The third-order valence-electron chi connectivity index (χ3n) is 8.84. The maximum atomic E-state index is 13.7. The molecule has 1 saturated heterocycles. The van der Waals surface area contributed by atoms with Gasteiger partial charge in [-0.3, -0.25) is 19.5 Å². The van der Waals surface area contributed by atoms with Crippen molar-refractivity contribution in [1.82, 2.24) is 4.98 Å². The molecule has 0 radical (unpaired) electrons. The lowest BCUT2D eigenvalue weighted by Crippen LogP contribution is -2.39. The molecule has 1 aliphatic carbocycles. The topological polar surface area (TPSA) is 111 Å². The number of aliphatic hydroxyl groups is 2. The van der Waals surface area contributed by atoms with E-state index in [1.165, 1.54) is 4.90 Å². The number of hydrogen-bond acceptors (Lipinski definition) is 6. The third-order valence-corrected chi connectivity index (χ3v) is 8.84. The number of phenolic OH excluding ortho intramolecular Hbond substituents is 1. The summed E-state index contributed by atoms with van der Waals surface area (Å²) in [6.07, 6.45) is 5.65. The number of nitrogens with zero attached hydrogens (tertiary/aromatic N) is 2. The second-order valence-electron chi connectivity index (χ2n) is 11.7. The van der Waals surface area contributed by atoms with Crippen LogP contribution in [0, 0.1) is 31.6 Å². The molecule has 5 rings (SSSR count). The van der Waals surface area contributed by atoms with Gasteiger partial charge in [0, 0.05) is 12.1 Å².